The minimum Gasteiger partial charge on any atom is -0.467 e. The van der Waals surface area contributed by atoms with E-state index in [1.165, 1.54) is 12.1 Å². The molecule has 3 rings (SSSR count). The van der Waals surface area contributed by atoms with Crippen LogP contribution in [-0.4, -0.2) is 17.9 Å². The highest BCUT2D eigenvalue weighted by molar-refractivity contribution is 6.25. The molecule has 1 unspecified atom stereocenters. The Morgan fingerprint density at radius 2 is 2.09 bits per heavy atom. The molecule has 1 atom stereocenters. The molecule has 1 aliphatic carbocycles. The third-order valence-corrected chi connectivity index (χ3v) is 3.80. The Hall–Kier alpha value is -2.24. The lowest BCUT2D eigenvalue weighted by atomic mass is 9.97. The Balaban J connectivity index is 1.99. The van der Waals surface area contributed by atoms with Crippen molar-refractivity contribution in [2.75, 3.05) is 0 Å². The molecular formula is C17H16F3NO2. The lowest BCUT2D eigenvalue weighted by Gasteiger charge is -2.11. The highest BCUT2D eigenvalue weighted by atomic mass is 19.4. The van der Waals surface area contributed by atoms with Crippen molar-refractivity contribution in [3.05, 3.63) is 53.9 Å². The number of benzene rings is 1. The van der Waals surface area contributed by atoms with E-state index in [0.29, 0.717) is 6.42 Å². The topological polar surface area (TPSA) is 38.3 Å². The summed E-state index contributed by atoms with van der Waals surface area (Å²) in [6, 6.07) is 4.99. The summed E-state index contributed by atoms with van der Waals surface area (Å²) in [6.07, 6.45) is -1.38. The fraction of sp³-hybridized carbons (Fsp3) is 0.353. The molecule has 0 bridgehead atoms. The summed E-state index contributed by atoms with van der Waals surface area (Å²) in [6.45, 7) is 3.58. The fourth-order valence-corrected chi connectivity index (χ4v) is 2.48. The van der Waals surface area contributed by atoms with E-state index in [9.17, 15) is 18.0 Å². The number of ketones is 1. The highest BCUT2D eigenvalue weighted by Gasteiger charge is 2.38. The molecule has 23 heavy (non-hydrogen) atoms. The van der Waals surface area contributed by atoms with E-state index in [0.717, 1.165) is 25.0 Å². The second kappa shape index (κ2) is 5.76. The Bertz CT molecular complexity index is 675. The first-order valence-corrected chi connectivity index (χ1v) is 7.40. The van der Waals surface area contributed by atoms with E-state index < -0.39 is 17.8 Å². The molecule has 122 valence electrons. The molecule has 1 fully saturated rings. The van der Waals surface area contributed by atoms with Gasteiger partial charge in [-0.2, -0.15) is 13.2 Å². The van der Waals surface area contributed by atoms with Crippen molar-refractivity contribution in [2.45, 2.75) is 37.6 Å². The van der Waals surface area contributed by atoms with Crippen molar-refractivity contribution in [2.24, 2.45) is 0 Å². The Morgan fingerprint density at radius 1 is 1.35 bits per heavy atom. The third-order valence-electron chi connectivity index (χ3n) is 3.80. The smallest absolute Gasteiger partial charge is 0.416 e. The van der Waals surface area contributed by atoms with Crippen molar-refractivity contribution in [1.82, 2.24) is 5.32 Å². The molecule has 1 heterocycles. The molecule has 1 aromatic rings. The summed E-state index contributed by atoms with van der Waals surface area (Å²) in [5.74, 6) is -0.0314. The Morgan fingerprint density at radius 3 is 2.70 bits per heavy atom. The SMILES string of the molecule is C=CCC1OC(NC2CC2)=C(c2cccc(C(F)(F)F)c2)C1=O. The lowest BCUT2D eigenvalue weighted by Crippen LogP contribution is -2.19. The number of rotatable bonds is 5. The monoisotopic (exact) mass is 323 g/mol. The van der Waals surface area contributed by atoms with Gasteiger partial charge in [-0.25, -0.2) is 0 Å². The van der Waals surface area contributed by atoms with Crippen LogP contribution in [0.4, 0.5) is 13.2 Å². The number of halogens is 3. The first-order valence-electron chi connectivity index (χ1n) is 7.40. The van der Waals surface area contributed by atoms with Crippen LogP contribution < -0.4 is 5.32 Å². The molecule has 1 aromatic carbocycles. The van der Waals surface area contributed by atoms with Crippen LogP contribution in [0.1, 0.15) is 30.4 Å². The van der Waals surface area contributed by atoms with Crippen molar-refractivity contribution in [1.29, 1.82) is 0 Å². The summed E-state index contributed by atoms with van der Waals surface area (Å²) in [4.78, 5) is 12.5. The van der Waals surface area contributed by atoms with Crippen LogP contribution in [0.5, 0.6) is 0 Å². The van der Waals surface area contributed by atoms with E-state index in [4.69, 9.17) is 4.74 Å². The average Bonchev–Trinajstić information content (AvgIpc) is 3.24. The quantitative estimate of drug-likeness (QED) is 0.840. The molecule has 0 amide bonds. The molecule has 3 nitrogen and oxygen atoms in total. The zero-order valence-corrected chi connectivity index (χ0v) is 12.3. The number of carbonyl (C=O) groups excluding carboxylic acids is 1. The highest BCUT2D eigenvalue weighted by Crippen LogP contribution is 2.36. The second-order valence-corrected chi connectivity index (χ2v) is 5.70. The number of ether oxygens (including phenoxy) is 1. The lowest BCUT2D eigenvalue weighted by molar-refractivity contribution is -0.137. The van der Waals surface area contributed by atoms with Crippen LogP contribution in [0.3, 0.4) is 0 Å². The summed E-state index contributed by atoms with van der Waals surface area (Å²) < 4.78 is 44.3. The first kappa shape index (κ1) is 15.6. The van der Waals surface area contributed by atoms with E-state index in [1.54, 1.807) is 6.08 Å². The van der Waals surface area contributed by atoms with Gasteiger partial charge in [-0.05, 0) is 30.5 Å². The van der Waals surface area contributed by atoms with Crippen LogP contribution in [-0.2, 0) is 15.7 Å². The van der Waals surface area contributed by atoms with Gasteiger partial charge in [0, 0.05) is 12.5 Å². The zero-order chi connectivity index (χ0) is 16.6. The molecule has 0 spiro atoms. The predicted molar refractivity (Wildman–Crippen MR) is 79.2 cm³/mol. The molecule has 0 saturated heterocycles. The molecule has 1 saturated carbocycles. The number of hydrogen-bond donors (Lipinski definition) is 1. The standard InChI is InChI=1S/C17H16F3NO2/c1-2-4-13-15(22)14(16(23-13)21-12-7-8-12)10-5-3-6-11(9-10)17(18,19)20/h2-3,5-6,9,12-13,21H,1,4,7-8H2. The summed E-state index contributed by atoms with van der Waals surface area (Å²) in [7, 11) is 0. The molecule has 1 N–H and O–H groups in total. The van der Waals surface area contributed by atoms with E-state index in [2.05, 4.69) is 11.9 Å². The second-order valence-electron chi connectivity index (χ2n) is 5.70. The van der Waals surface area contributed by atoms with E-state index in [-0.39, 0.29) is 28.8 Å². The van der Waals surface area contributed by atoms with Crippen LogP contribution in [0.2, 0.25) is 0 Å². The number of hydrogen-bond acceptors (Lipinski definition) is 3. The minimum absolute atomic E-state index is 0.190. The van der Waals surface area contributed by atoms with Gasteiger partial charge in [0.25, 0.3) is 0 Å². The molecule has 0 aromatic heterocycles. The summed E-state index contributed by atoms with van der Waals surface area (Å²) in [5.41, 5.74) is -0.373. The zero-order valence-electron chi connectivity index (χ0n) is 12.3. The maximum absolute atomic E-state index is 12.9. The summed E-state index contributed by atoms with van der Waals surface area (Å²) in [5, 5.41) is 3.10. The molecular weight excluding hydrogens is 307 g/mol. The average molecular weight is 323 g/mol. The van der Waals surface area contributed by atoms with Gasteiger partial charge >= 0.3 is 6.18 Å². The van der Waals surface area contributed by atoms with Crippen LogP contribution in [0.25, 0.3) is 5.57 Å². The maximum atomic E-state index is 12.9. The maximum Gasteiger partial charge on any atom is 0.416 e. The van der Waals surface area contributed by atoms with Gasteiger partial charge in [0.1, 0.15) is 0 Å². The largest absolute Gasteiger partial charge is 0.467 e. The van der Waals surface area contributed by atoms with Crippen LogP contribution in [0, 0.1) is 0 Å². The van der Waals surface area contributed by atoms with Crippen molar-refractivity contribution in [3.8, 4) is 0 Å². The molecule has 6 heteroatoms. The Kier molecular flexibility index (Phi) is 3.92. The normalized spacial score (nSPS) is 21.3. The van der Waals surface area contributed by atoms with Crippen molar-refractivity contribution < 1.29 is 22.7 Å². The van der Waals surface area contributed by atoms with Crippen molar-refractivity contribution in [3.63, 3.8) is 0 Å². The Labute approximate surface area is 131 Å². The van der Waals surface area contributed by atoms with Crippen molar-refractivity contribution >= 4 is 11.4 Å². The summed E-state index contributed by atoms with van der Waals surface area (Å²) >= 11 is 0. The molecule has 0 radical (unpaired) electrons. The van der Waals surface area contributed by atoms with Gasteiger partial charge in [-0.1, -0.05) is 18.2 Å². The minimum atomic E-state index is -4.45. The number of nitrogens with one attached hydrogen (secondary N) is 1. The fourth-order valence-electron chi connectivity index (χ4n) is 2.48. The van der Waals surface area contributed by atoms with E-state index >= 15 is 0 Å². The molecule has 1 aliphatic heterocycles. The van der Waals surface area contributed by atoms with Gasteiger partial charge < -0.3 is 10.1 Å². The van der Waals surface area contributed by atoms with Gasteiger partial charge in [-0.3, -0.25) is 4.79 Å². The third kappa shape index (κ3) is 3.25. The predicted octanol–water partition coefficient (Wildman–Crippen LogP) is 3.67. The van der Waals surface area contributed by atoms with Gasteiger partial charge in [-0.15, -0.1) is 6.58 Å². The molecule has 2 aliphatic rings. The number of alkyl halides is 3. The van der Waals surface area contributed by atoms with Gasteiger partial charge in [0.05, 0.1) is 11.1 Å². The van der Waals surface area contributed by atoms with Crippen LogP contribution in [0.15, 0.2) is 42.8 Å². The van der Waals surface area contributed by atoms with Gasteiger partial charge in [0.2, 0.25) is 5.78 Å². The van der Waals surface area contributed by atoms with E-state index in [1.807, 2.05) is 0 Å². The number of carbonyl (C=O) groups is 1. The van der Waals surface area contributed by atoms with Gasteiger partial charge in [0.15, 0.2) is 12.0 Å². The van der Waals surface area contributed by atoms with Crippen LogP contribution >= 0.6 is 0 Å². The number of Topliss-reactive ketones (excluding diaryl/α,β-unsaturated/α-hetero) is 1. The first-order chi connectivity index (χ1) is 10.9.